The van der Waals surface area contributed by atoms with Crippen molar-refractivity contribution in [2.75, 3.05) is 30.8 Å². The van der Waals surface area contributed by atoms with Crippen molar-refractivity contribution in [3.05, 3.63) is 92.4 Å². The summed E-state index contributed by atoms with van der Waals surface area (Å²) in [5, 5.41) is 0. The lowest BCUT2D eigenvalue weighted by molar-refractivity contribution is -0.119. The number of carbonyl (C=O) groups excluding carboxylic acids is 1. The van der Waals surface area contributed by atoms with Crippen LogP contribution in [0.25, 0.3) is 0 Å². The predicted molar refractivity (Wildman–Crippen MR) is 136 cm³/mol. The summed E-state index contributed by atoms with van der Waals surface area (Å²) < 4.78 is 14.9. The van der Waals surface area contributed by atoms with Gasteiger partial charge in [0.2, 0.25) is 5.91 Å². The third-order valence-electron chi connectivity index (χ3n) is 5.96. The zero-order valence-corrected chi connectivity index (χ0v) is 20.3. The number of H-pyrrole nitrogens is 1. The van der Waals surface area contributed by atoms with E-state index in [1.807, 2.05) is 42.2 Å². The number of nitrogens with zero attached hydrogens (tertiary/aromatic N) is 3. The van der Waals surface area contributed by atoms with Gasteiger partial charge in [0.15, 0.2) is 5.69 Å². The van der Waals surface area contributed by atoms with Crippen LogP contribution in [0, 0.1) is 5.82 Å². The molecule has 1 amide bonds. The Kier molecular flexibility index (Phi) is 8.59. The van der Waals surface area contributed by atoms with Gasteiger partial charge in [-0.05, 0) is 43.7 Å². The Bertz CT molecular complexity index is 1250. The van der Waals surface area contributed by atoms with E-state index in [4.69, 9.17) is 5.73 Å². The molecule has 0 spiro atoms. The Hall–Kier alpha value is -3.72. The molecule has 9 heteroatoms. The molecule has 0 fully saturated rings. The summed E-state index contributed by atoms with van der Waals surface area (Å²) in [6, 6.07) is 15.4. The molecule has 1 unspecified atom stereocenters. The standard InChI is InChI=1S/C26H32FN5O3/c1-4-6-16-32-24(28)23(25(34)29-26(32)35)31(5-2)21(33)17-30(3)22(18-10-8-7-9-11-18)19-12-14-20(27)15-13-19/h7-15,22H,4-6,16-17,28H2,1-3H3,(H,29,34,35). The van der Waals surface area contributed by atoms with Gasteiger partial charge < -0.3 is 10.6 Å². The van der Waals surface area contributed by atoms with Gasteiger partial charge in [-0.2, -0.15) is 0 Å². The first-order valence-electron chi connectivity index (χ1n) is 11.7. The highest BCUT2D eigenvalue weighted by molar-refractivity contribution is 5.96. The molecule has 2 aromatic carbocycles. The van der Waals surface area contributed by atoms with Gasteiger partial charge in [0.25, 0.3) is 5.56 Å². The quantitative estimate of drug-likeness (QED) is 0.463. The molecule has 0 aliphatic rings. The van der Waals surface area contributed by atoms with Crippen LogP contribution < -0.4 is 21.9 Å². The van der Waals surface area contributed by atoms with Gasteiger partial charge >= 0.3 is 5.69 Å². The van der Waals surface area contributed by atoms with E-state index in [0.717, 1.165) is 17.5 Å². The Morgan fingerprint density at radius 2 is 1.69 bits per heavy atom. The van der Waals surface area contributed by atoms with Crippen LogP contribution in [0.1, 0.15) is 43.9 Å². The average molecular weight is 482 g/mol. The molecule has 0 saturated carbocycles. The highest BCUT2D eigenvalue weighted by Gasteiger charge is 2.27. The first kappa shape index (κ1) is 25.9. The second-order valence-corrected chi connectivity index (χ2v) is 8.42. The molecule has 1 aromatic heterocycles. The lowest BCUT2D eigenvalue weighted by Crippen LogP contribution is -2.45. The molecular weight excluding hydrogens is 449 g/mol. The third kappa shape index (κ3) is 5.86. The van der Waals surface area contributed by atoms with Gasteiger partial charge in [-0.25, -0.2) is 9.18 Å². The minimum absolute atomic E-state index is 0.0248. The van der Waals surface area contributed by atoms with E-state index in [0.29, 0.717) is 13.0 Å². The first-order chi connectivity index (χ1) is 16.8. The van der Waals surface area contributed by atoms with Crippen LogP contribution in [0.3, 0.4) is 0 Å². The minimum atomic E-state index is -0.698. The number of halogens is 1. The number of carbonyl (C=O) groups is 1. The fourth-order valence-electron chi connectivity index (χ4n) is 4.21. The molecule has 35 heavy (non-hydrogen) atoms. The molecule has 0 saturated heterocycles. The van der Waals surface area contributed by atoms with E-state index in [9.17, 15) is 18.8 Å². The van der Waals surface area contributed by atoms with Crippen molar-refractivity contribution in [3.8, 4) is 0 Å². The number of aromatic amines is 1. The van der Waals surface area contributed by atoms with E-state index < -0.39 is 11.2 Å². The molecule has 0 bridgehead atoms. The largest absolute Gasteiger partial charge is 0.383 e. The predicted octanol–water partition coefficient (Wildman–Crippen LogP) is 3.13. The second kappa shape index (κ2) is 11.6. The van der Waals surface area contributed by atoms with Crippen LogP contribution >= 0.6 is 0 Å². The van der Waals surface area contributed by atoms with Crippen LogP contribution in [0.15, 0.2) is 64.2 Å². The minimum Gasteiger partial charge on any atom is -0.383 e. The summed E-state index contributed by atoms with van der Waals surface area (Å²) in [4.78, 5) is 43.9. The number of rotatable bonds is 10. The maximum atomic E-state index is 13.6. The average Bonchev–Trinajstić information content (AvgIpc) is 2.83. The summed E-state index contributed by atoms with van der Waals surface area (Å²) in [5.41, 5.74) is 6.66. The molecule has 186 valence electrons. The van der Waals surface area contributed by atoms with E-state index in [1.165, 1.54) is 21.6 Å². The summed E-state index contributed by atoms with van der Waals surface area (Å²) >= 11 is 0. The maximum Gasteiger partial charge on any atom is 0.330 e. The van der Waals surface area contributed by atoms with Gasteiger partial charge in [-0.1, -0.05) is 55.8 Å². The highest BCUT2D eigenvalue weighted by Crippen LogP contribution is 2.28. The summed E-state index contributed by atoms with van der Waals surface area (Å²) in [5.74, 6) is -0.719. The number of amides is 1. The number of unbranched alkanes of at least 4 members (excludes halogenated alkanes) is 1. The van der Waals surface area contributed by atoms with Gasteiger partial charge in [0, 0.05) is 13.1 Å². The summed E-state index contributed by atoms with van der Waals surface area (Å²) in [7, 11) is 1.79. The second-order valence-electron chi connectivity index (χ2n) is 8.42. The van der Waals surface area contributed by atoms with Gasteiger partial charge in [-0.3, -0.25) is 24.0 Å². The monoisotopic (exact) mass is 481 g/mol. The van der Waals surface area contributed by atoms with Gasteiger partial charge in [0.1, 0.15) is 11.6 Å². The lowest BCUT2D eigenvalue weighted by atomic mass is 9.97. The smallest absolute Gasteiger partial charge is 0.330 e. The van der Waals surface area contributed by atoms with Crippen LogP contribution in [-0.4, -0.2) is 40.5 Å². The number of nitrogens with one attached hydrogen (secondary N) is 1. The highest BCUT2D eigenvalue weighted by atomic mass is 19.1. The number of benzene rings is 2. The van der Waals surface area contributed by atoms with Crippen LogP contribution in [-0.2, 0) is 11.3 Å². The van der Waals surface area contributed by atoms with Crippen molar-refractivity contribution >= 4 is 17.4 Å². The van der Waals surface area contributed by atoms with Crippen molar-refractivity contribution in [1.29, 1.82) is 0 Å². The molecule has 8 nitrogen and oxygen atoms in total. The Labute approximate surface area is 203 Å². The van der Waals surface area contributed by atoms with Gasteiger partial charge in [-0.15, -0.1) is 0 Å². The topological polar surface area (TPSA) is 104 Å². The number of likely N-dealkylation sites (N-methyl/N-ethyl adjacent to an activating group) is 2. The van der Waals surface area contributed by atoms with Crippen molar-refractivity contribution in [2.45, 2.75) is 39.3 Å². The molecule has 0 aliphatic heterocycles. The SMILES string of the molecule is CCCCn1c(N)c(N(CC)C(=O)CN(C)C(c2ccccc2)c2ccc(F)cc2)c(=O)[nH]c1=O. The molecule has 3 rings (SSSR count). The van der Waals surface area contributed by atoms with Crippen molar-refractivity contribution in [2.24, 2.45) is 0 Å². The zero-order valence-electron chi connectivity index (χ0n) is 20.3. The molecule has 0 radical (unpaired) electrons. The summed E-state index contributed by atoms with van der Waals surface area (Å²) in [6.07, 6.45) is 1.54. The number of hydrogen-bond donors (Lipinski definition) is 2. The van der Waals surface area contributed by atoms with Crippen molar-refractivity contribution in [3.63, 3.8) is 0 Å². The van der Waals surface area contributed by atoms with Gasteiger partial charge in [0.05, 0.1) is 12.6 Å². The van der Waals surface area contributed by atoms with Crippen molar-refractivity contribution < 1.29 is 9.18 Å². The Morgan fingerprint density at radius 3 is 2.29 bits per heavy atom. The van der Waals surface area contributed by atoms with Crippen LogP contribution in [0.2, 0.25) is 0 Å². The summed E-state index contributed by atoms with van der Waals surface area (Å²) in [6.45, 7) is 4.22. The lowest BCUT2D eigenvalue weighted by Gasteiger charge is -2.31. The van der Waals surface area contributed by atoms with Crippen LogP contribution in [0.5, 0.6) is 0 Å². The zero-order chi connectivity index (χ0) is 25.5. The molecular formula is C26H32FN5O3. The number of nitrogens with two attached hydrogens (primary N) is 1. The Balaban J connectivity index is 1.95. The number of hydrogen-bond acceptors (Lipinski definition) is 5. The van der Waals surface area contributed by atoms with Crippen molar-refractivity contribution in [1.82, 2.24) is 14.5 Å². The molecule has 0 aliphatic carbocycles. The third-order valence-corrected chi connectivity index (χ3v) is 5.96. The first-order valence-corrected chi connectivity index (χ1v) is 11.7. The van der Waals surface area contributed by atoms with E-state index in [-0.39, 0.29) is 42.4 Å². The fourth-order valence-corrected chi connectivity index (χ4v) is 4.21. The molecule has 1 heterocycles. The molecule has 1 atom stereocenters. The Morgan fingerprint density at radius 1 is 1.06 bits per heavy atom. The van der Waals surface area contributed by atoms with E-state index in [1.54, 1.807) is 26.1 Å². The maximum absolute atomic E-state index is 13.6. The van der Waals surface area contributed by atoms with E-state index in [2.05, 4.69) is 4.98 Å². The van der Waals surface area contributed by atoms with E-state index >= 15 is 0 Å². The fraction of sp³-hybridized carbons (Fsp3) is 0.346. The molecule has 3 aromatic rings. The number of nitrogen functional groups attached to an aromatic ring is 1. The normalized spacial score (nSPS) is 12.0. The number of anilines is 2. The number of aromatic nitrogens is 2. The molecule has 3 N–H and O–H groups in total. The van der Waals surface area contributed by atoms with Crippen LogP contribution in [0.4, 0.5) is 15.9 Å².